The summed E-state index contributed by atoms with van der Waals surface area (Å²) in [4.78, 5) is 15.3. The van der Waals surface area contributed by atoms with Crippen molar-refractivity contribution in [1.29, 1.82) is 0 Å². The molecule has 3 rings (SSSR count). The highest BCUT2D eigenvalue weighted by Gasteiger charge is 2.33. The molecule has 0 spiro atoms. The molecule has 27 heavy (non-hydrogen) atoms. The van der Waals surface area contributed by atoms with Crippen LogP contribution < -0.4 is 0 Å². The van der Waals surface area contributed by atoms with Crippen molar-refractivity contribution in [1.82, 2.24) is 24.9 Å². The zero-order valence-electron chi connectivity index (χ0n) is 16.3. The maximum atomic E-state index is 13.3. The number of aromatic amines is 1. The van der Waals surface area contributed by atoms with Crippen molar-refractivity contribution in [2.75, 3.05) is 0 Å². The summed E-state index contributed by atoms with van der Waals surface area (Å²) < 4.78 is 1.80. The van der Waals surface area contributed by atoms with Crippen molar-refractivity contribution in [2.45, 2.75) is 45.2 Å². The van der Waals surface area contributed by atoms with Crippen molar-refractivity contribution >= 4 is 5.91 Å². The summed E-state index contributed by atoms with van der Waals surface area (Å²) in [5.41, 5.74) is 4.45. The molecule has 0 aliphatic carbocycles. The van der Waals surface area contributed by atoms with Crippen LogP contribution in [0.25, 0.3) is 11.3 Å². The molecule has 1 N–H and O–H groups in total. The van der Waals surface area contributed by atoms with E-state index in [0.29, 0.717) is 5.69 Å². The summed E-state index contributed by atoms with van der Waals surface area (Å²) in [5.74, 6) is -0.0438. The van der Waals surface area contributed by atoms with Gasteiger partial charge in [-0.2, -0.15) is 10.2 Å². The lowest BCUT2D eigenvalue weighted by atomic mass is 9.92. The van der Waals surface area contributed by atoms with Crippen LogP contribution in [0.4, 0.5) is 0 Å². The molecular formula is C21H27N5O. The largest absolute Gasteiger partial charge is 0.327 e. The summed E-state index contributed by atoms with van der Waals surface area (Å²) in [6.45, 7) is 11.8. The summed E-state index contributed by atoms with van der Waals surface area (Å²) in [6, 6.07) is 1.91. The average Bonchev–Trinajstić information content (AvgIpc) is 3.23. The van der Waals surface area contributed by atoms with Gasteiger partial charge in [0.25, 0.3) is 5.91 Å². The van der Waals surface area contributed by atoms with E-state index >= 15 is 0 Å². The highest BCUT2D eigenvalue weighted by molar-refractivity contribution is 5.94. The number of nitrogens with one attached hydrogen (secondary N) is 1. The zero-order valence-corrected chi connectivity index (χ0v) is 16.3. The summed E-state index contributed by atoms with van der Waals surface area (Å²) in [7, 11) is 1.89. The van der Waals surface area contributed by atoms with Gasteiger partial charge in [-0.1, -0.05) is 23.8 Å². The molecule has 0 fully saturated rings. The van der Waals surface area contributed by atoms with Crippen molar-refractivity contribution < 1.29 is 4.79 Å². The summed E-state index contributed by atoms with van der Waals surface area (Å²) in [5, 5.41) is 11.5. The van der Waals surface area contributed by atoms with Crippen LogP contribution in [0.2, 0.25) is 0 Å². The lowest BCUT2D eigenvalue weighted by Crippen LogP contribution is -2.48. The molecule has 0 radical (unpaired) electrons. The van der Waals surface area contributed by atoms with Crippen LogP contribution in [0.3, 0.4) is 0 Å². The molecule has 6 nitrogen and oxygen atoms in total. The van der Waals surface area contributed by atoms with Crippen molar-refractivity contribution in [2.24, 2.45) is 7.05 Å². The molecule has 6 heteroatoms. The van der Waals surface area contributed by atoms with E-state index in [4.69, 9.17) is 0 Å². The first-order valence-electron chi connectivity index (χ1n) is 9.22. The van der Waals surface area contributed by atoms with Gasteiger partial charge in [-0.3, -0.25) is 14.6 Å². The van der Waals surface area contributed by atoms with E-state index in [1.165, 1.54) is 5.57 Å². The smallest absolute Gasteiger partial charge is 0.272 e. The number of carbonyl (C=O) groups is 1. The first-order chi connectivity index (χ1) is 13.0. The van der Waals surface area contributed by atoms with Gasteiger partial charge in [0.05, 0.1) is 17.9 Å². The Morgan fingerprint density at radius 1 is 1.33 bits per heavy atom. The van der Waals surface area contributed by atoms with E-state index in [1.807, 2.05) is 37.1 Å². The van der Waals surface area contributed by atoms with Gasteiger partial charge >= 0.3 is 0 Å². The number of H-pyrrole nitrogens is 1. The third-order valence-electron chi connectivity index (χ3n) is 5.19. The van der Waals surface area contributed by atoms with Gasteiger partial charge < -0.3 is 4.90 Å². The van der Waals surface area contributed by atoms with E-state index in [9.17, 15) is 4.79 Å². The van der Waals surface area contributed by atoms with Crippen LogP contribution in [-0.2, 0) is 7.05 Å². The second-order valence-corrected chi connectivity index (χ2v) is 7.13. The molecule has 3 heterocycles. The zero-order chi connectivity index (χ0) is 19.6. The number of aromatic nitrogens is 4. The maximum Gasteiger partial charge on any atom is 0.272 e. The average molecular weight is 365 g/mol. The minimum absolute atomic E-state index is 0.000535. The Hall–Kier alpha value is -2.89. The Balaban J connectivity index is 1.93. The quantitative estimate of drug-likeness (QED) is 0.792. The van der Waals surface area contributed by atoms with Gasteiger partial charge in [0.1, 0.15) is 5.69 Å². The third kappa shape index (κ3) is 3.65. The van der Waals surface area contributed by atoms with Gasteiger partial charge in [-0.15, -0.1) is 13.2 Å². The molecule has 0 saturated heterocycles. The molecule has 1 amide bonds. The first kappa shape index (κ1) is 18.9. The Bertz CT molecular complexity index is 888. The minimum atomic E-state index is -0.0438. The first-order valence-corrected chi connectivity index (χ1v) is 9.22. The molecule has 142 valence electrons. The number of nitrogens with zero attached hydrogens (tertiary/aromatic N) is 4. The molecule has 0 aromatic carbocycles. The second-order valence-electron chi connectivity index (χ2n) is 7.13. The number of hydrogen-bond donors (Lipinski definition) is 1. The number of hydrogen-bond acceptors (Lipinski definition) is 3. The highest BCUT2D eigenvalue weighted by Crippen LogP contribution is 2.29. The van der Waals surface area contributed by atoms with E-state index in [-0.39, 0.29) is 18.0 Å². The van der Waals surface area contributed by atoms with Gasteiger partial charge in [0.15, 0.2) is 0 Å². The molecule has 0 unspecified atom stereocenters. The molecule has 0 saturated carbocycles. The summed E-state index contributed by atoms with van der Waals surface area (Å²) in [6.07, 6.45) is 10.0. The van der Waals surface area contributed by atoms with Crippen LogP contribution in [0.5, 0.6) is 0 Å². The van der Waals surface area contributed by atoms with Crippen LogP contribution in [0, 0.1) is 6.92 Å². The Morgan fingerprint density at radius 2 is 2.07 bits per heavy atom. The fourth-order valence-corrected chi connectivity index (χ4v) is 3.73. The fraction of sp³-hybridized carbons (Fsp3) is 0.381. The Morgan fingerprint density at radius 3 is 2.70 bits per heavy atom. The van der Waals surface area contributed by atoms with Crippen molar-refractivity contribution in [3.05, 3.63) is 60.6 Å². The second kappa shape index (κ2) is 7.78. The lowest BCUT2D eigenvalue weighted by molar-refractivity contribution is 0.0595. The van der Waals surface area contributed by atoms with E-state index in [2.05, 4.69) is 41.5 Å². The Kier molecular flexibility index (Phi) is 5.44. The van der Waals surface area contributed by atoms with Gasteiger partial charge in [0, 0.05) is 24.3 Å². The van der Waals surface area contributed by atoms with Crippen molar-refractivity contribution in [3.63, 3.8) is 0 Å². The number of rotatable bonds is 6. The van der Waals surface area contributed by atoms with Crippen molar-refractivity contribution in [3.8, 4) is 11.3 Å². The van der Waals surface area contributed by atoms with Crippen LogP contribution >= 0.6 is 0 Å². The van der Waals surface area contributed by atoms with Gasteiger partial charge in [-0.05, 0) is 39.2 Å². The molecule has 2 atom stereocenters. The highest BCUT2D eigenvalue weighted by atomic mass is 16.2. The maximum absolute atomic E-state index is 13.3. The molecule has 2 aromatic rings. The van der Waals surface area contributed by atoms with E-state index < -0.39 is 0 Å². The fourth-order valence-electron chi connectivity index (χ4n) is 3.73. The van der Waals surface area contributed by atoms with E-state index in [1.54, 1.807) is 10.9 Å². The van der Waals surface area contributed by atoms with E-state index in [0.717, 1.165) is 36.2 Å². The van der Waals surface area contributed by atoms with Crippen LogP contribution in [0.1, 0.15) is 42.4 Å². The molecular weight excluding hydrogens is 338 g/mol. The standard InChI is InChI=1S/C21H27N5O/c1-6-8-16-10-14(3)11-17(9-7-2)26(16)21(27)20-12-19(23-24-20)18-13-22-25(5)15(18)4/h6-7,10,12-13,16-17H,1-2,8-9,11H2,3-5H3,(H,23,24)/t16-,17-/m1/s1. The molecule has 1 aliphatic rings. The normalized spacial score (nSPS) is 19.7. The lowest BCUT2D eigenvalue weighted by Gasteiger charge is -2.40. The topological polar surface area (TPSA) is 66.8 Å². The van der Waals surface area contributed by atoms with Gasteiger partial charge in [-0.25, -0.2) is 0 Å². The SMILES string of the molecule is C=CC[C@@H]1CC(C)=C[C@@H](CC=C)N1C(=O)c1cc(-c2cnn(C)c2C)n[nH]1. The van der Waals surface area contributed by atoms with Crippen LogP contribution in [-0.4, -0.2) is 42.9 Å². The number of amides is 1. The predicted octanol–water partition coefficient (Wildman–Crippen LogP) is 3.80. The minimum Gasteiger partial charge on any atom is -0.327 e. The van der Waals surface area contributed by atoms with Gasteiger partial charge in [0.2, 0.25) is 0 Å². The number of aryl methyl sites for hydroxylation is 1. The third-order valence-corrected chi connectivity index (χ3v) is 5.19. The predicted molar refractivity (Wildman–Crippen MR) is 107 cm³/mol. The molecule has 2 aromatic heterocycles. The van der Waals surface area contributed by atoms with Crippen LogP contribution in [0.15, 0.2) is 49.2 Å². The Labute approximate surface area is 160 Å². The number of carbonyl (C=O) groups excluding carboxylic acids is 1. The molecule has 0 bridgehead atoms. The monoisotopic (exact) mass is 365 g/mol. The molecule has 1 aliphatic heterocycles. The summed E-state index contributed by atoms with van der Waals surface area (Å²) >= 11 is 0.